The van der Waals surface area contributed by atoms with E-state index >= 15 is 0 Å². The fraction of sp³-hybridized carbons (Fsp3) is 0.667. The van der Waals surface area contributed by atoms with Crippen LogP contribution in [-0.4, -0.2) is 25.1 Å². The average molecular weight is 395 g/mol. The highest BCUT2D eigenvalue weighted by atomic mass is 32.2. The van der Waals surface area contributed by atoms with Crippen molar-refractivity contribution in [3.8, 4) is 0 Å². The molecule has 1 fully saturated rings. The van der Waals surface area contributed by atoms with Crippen molar-refractivity contribution in [1.29, 1.82) is 0 Å². The molecule has 1 aromatic carbocycles. The van der Waals surface area contributed by atoms with Crippen molar-refractivity contribution in [3.63, 3.8) is 0 Å². The van der Waals surface area contributed by atoms with Crippen LogP contribution in [-0.2, 0) is 14.8 Å². The van der Waals surface area contributed by atoms with Gasteiger partial charge in [-0.25, -0.2) is 13.1 Å². The van der Waals surface area contributed by atoms with Crippen molar-refractivity contribution < 1.29 is 13.2 Å². The molecule has 0 saturated heterocycles. The first-order chi connectivity index (χ1) is 12.5. The summed E-state index contributed by atoms with van der Waals surface area (Å²) in [7, 11) is -3.35. The van der Waals surface area contributed by atoms with Gasteiger partial charge >= 0.3 is 0 Å². The van der Waals surface area contributed by atoms with Crippen LogP contribution in [0.2, 0.25) is 0 Å². The Morgan fingerprint density at radius 3 is 2.15 bits per heavy atom. The molecule has 0 spiro atoms. The minimum atomic E-state index is -3.35. The first-order valence-corrected chi connectivity index (χ1v) is 11.4. The van der Waals surface area contributed by atoms with Gasteiger partial charge in [0.2, 0.25) is 15.9 Å². The van der Waals surface area contributed by atoms with Gasteiger partial charge in [-0.3, -0.25) is 4.79 Å². The standard InChI is InChI=1S/C21H34N2O3S/c1-6-15(2)16-7-11-18(12-8-16)22-20(24)17-9-13-19(14-10-17)23-27(25,26)21(3,4)5/h7-8,11-12,15,17,19,23H,6,9-10,13-14H2,1-5H3,(H,22,24). The minimum absolute atomic E-state index is 0.0309. The highest BCUT2D eigenvalue weighted by Gasteiger charge is 2.34. The predicted octanol–water partition coefficient (Wildman–Crippen LogP) is 4.42. The number of nitrogens with one attached hydrogen (secondary N) is 2. The number of carbonyl (C=O) groups excluding carboxylic acids is 1. The molecule has 0 aromatic heterocycles. The van der Waals surface area contributed by atoms with E-state index in [1.165, 1.54) is 5.56 Å². The number of rotatable bonds is 6. The van der Waals surface area contributed by atoms with E-state index in [9.17, 15) is 13.2 Å². The first kappa shape index (κ1) is 21.9. The predicted molar refractivity (Wildman–Crippen MR) is 111 cm³/mol. The van der Waals surface area contributed by atoms with Crippen molar-refractivity contribution >= 4 is 21.6 Å². The molecule has 0 heterocycles. The number of hydrogen-bond donors (Lipinski definition) is 2. The van der Waals surface area contributed by atoms with Gasteiger partial charge in [0.05, 0.1) is 4.75 Å². The molecule has 1 unspecified atom stereocenters. The lowest BCUT2D eigenvalue weighted by molar-refractivity contribution is -0.120. The van der Waals surface area contributed by atoms with E-state index < -0.39 is 14.8 Å². The Balaban J connectivity index is 1.86. The van der Waals surface area contributed by atoms with Gasteiger partial charge in [0.1, 0.15) is 0 Å². The van der Waals surface area contributed by atoms with Crippen LogP contribution in [0.5, 0.6) is 0 Å². The quantitative estimate of drug-likeness (QED) is 0.750. The highest BCUT2D eigenvalue weighted by molar-refractivity contribution is 7.90. The van der Waals surface area contributed by atoms with E-state index in [0.29, 0.717) is 31.6 Å². The zero-order valence-corrected chi connectivity index (χ0v) is 18.0. The van der Waals surface area contributed by atoms with Crippen molar-refractivity contribution in [2.75, 3.05) is 5.32 Å². The molecule has 0 aliphatic heterocycles. The summed E-state index contributed by atoms with van der Waals surface area (Å²) in [5, 5.41) is 3.01. The smallest absolute Gasteiger partial charge is 0.227 e. The van der Waals surface area contributed by atoms with Crippen LogP contribution in [0, 0.1) is 5.92 Å². The zero-order valence-electron chi connectivity index (χ0n) is 17.2. The largest absolute Gasteiger partial charge is 0.326 e. The SMILES string of the molecule is CCC(C)c1ccc(NC(=O)C2CCC(NS(=O)(=O)C(C)(C)C)CC2)cc1. The molecule has 5 nitrogen and oxygen atoms in total. The van der Waals surface area contributed by atoms with Crippen molar-refractivity contribution in [2.24, 2.45) is 5.92 Å². The molecule has 1 amide bonds. The summed E-state index contributed by atoms with van der Waals surface area (Å²) in [4.78, 5) is 12.5. The van der Waals surface area contributed by atoms with Crippen molar-refractivity contribution in [2.45, 2.75) is 83.4 Å². The second-order valence-electron chi connectivity index (χ2n) is 8.70. The lowest BCUT2D eigenvalue weighted by Crippen LogP contribution is -2.46. The van der Waals surface area contributed by atoms with E-state index in [1.54, 1.807) is 20.8 Å². The van der Waals surface area contributed by atoms with Crippen LogP contribution in [0.4, 0.5) is 5.69 Å². The van der Waals surface area contributed by atoms with Gasteiger partial charge in [-0.2, -0.15) is 0 Å². The Kier molecular flexibility index (Phi) is 7.09. The molecule has 1 atom stereocenters. The summed E-state index contributed by atoms with van der Waals surface area (Å²) in [6.07, 6.45) is 3.89. The summed E-state index contributed by atoms with van der Waals surface area (Å²) in [6, 6.07) is 7.99. The Labute approximate surface area is 164 Å². The molecule has 0 bridgehead atoms. The van der Waals surface area contributed by atoms with E-state index in [1.807, 2.05) is 12.1 Å². The second kappa shape index (κ2) is 8.74. The Morgan fingerprint density at radius 2 is 1.67 bits per heavy atom. The number of benzene rings is 1. The van der Waals surface area contributed by atoms with Gasteiger partial charge in [-0.05, 0) is 76.5 Å². The molecule has 0 radical (unpaired) electrons. The topological polar surface area (TPSA) is 75.3 Å². The van der Waals surface area contributed by atoms with Crippen LogP contribution in [0.1, 0.15) is 78.2 Å². The van der Waals surface area contributed by atoms with Gasteiger partial charge in [-0.15, -0.1) is 0 Å². The van der Waals surface area contributed by atoms with E-state index in [2.05, 4.69) is 36.0 Å². The van der Waals surface area contributed by atoms with Crippen molar-refractivity contribution in [1.82, 2.24) is 4.72 Å². The molecule has 1 aliphatic rings. The van der Waals surface area contributed by atoms with Crippen LogP contribution < -0.4 is 10.0 Å². The highest BCUT2D eigenvalue weighted by Crippen LogP contribution is 2.28. The zero-order chi connectivity index (χ0) is 20.2. The molecule has 1 aliphatic carbocycles. The molecule has 6 heteroatoms. The van der Waals surface area contributed by atoms with E-state index in [0.717, 1.165) is 12.1 Å². The lowest BCUT2D eigenvalue weighted by atomic mass is 9.86. The second-order valence-corrected chi connectivity index (χ2v) is 11.2. The van der Waals surface area contributed by atoms with Crippen LogP contribution in [0.15, 0.2) is 24.3 Å². The summed E-state index contributed by atoms with van der Waals surface area (Å²) < 4.78 is 26.6. The van der Waals surface area contributed by atoms with E-state index in [-0.39, 0.29) is 17.9 Å². The number of carbonyl (C=O) groups is 1. The van der Waals surface area contributed by atoms with Crippen LogP contribution in [0.3, 0.4) is 0 Å². The Bertz CT molecular complexity index is 728. The number of hydrogen-bond acceptors (Lipinski definition) is 3. The molecule has 152 valence electrons. The monoisotopic (exact) mass is 394 g/mol. The first-order valence-electron chi connectivity index (χ1n) is 9.96. The number of anilines is 1. The summed E-state index contributed by atoms with van der Waals surface area (Å²) in [5.74, 6) is 0.486. The molecule has 2 N–H and O–H groups in total. The number of amides is 1. The third kappa shape index (κ3) is 5.79. The Hall–Kier alpha value is -1.40. The van der Waals surface area contributed by atoms with Gasteiger partial charge in [0, 0.05) is 17.6 Å². The molecule has 2 rings (SSSR count). The molecular formula is C21H34N2O3S. The minimum Gasteiger partial charge on any atom is -0.326 e. The van der Waals surface area contributed by atoms with E-state index in [4.69, 9.17) is 0 Å². The fourth-order valence-electron chi connectivity index (χ4n) is 3.24. The maximum absolute atomic E-state index is 12.5. The van der Waals surface area contributed by atoms with Gasteiger partial charge in [0.25, 0.3) is 0 Å². The average Bonchev–Trinajstić information content (AvgIpc) is 2.61. The maximum Gasteiger partial charge on any atom is 0.227 e. The Morgan fingerprint density at radius 1 is 1.11 bits per heavy atom. The summed E-state index contributed by atoms with van der Waals surface area (Å²) >= 11 is 0. The van der Waals surface area contributed by atoms with Gasteiger partial charge < -0.3 is 5.32 Å². The molecule has 1 saturated carbocycles. The number of sulfonamides is 1. The van der Waals surface area contributed by atoms with Crippen molar-refractivity contribution in [3.05, 3.63) is 29.8 Å². The third-order valence-corrected chi connectivity index (χ3v) is 7.84. The van der Waals surface area contributed by atoms with Gasteiger partial charge in [-0.1, -0.05) is 26.0 Å². The molecule has 27 heavy (non-hydrogen) atoms. The fourth-order valence-corrected chi connectivity index (χ4v) is 4.27. The lowest BCUT2D eigenvalue weighted by Gasteiger charge is -2.30. The molecule has 1 aromatic rings. The van der Waals surface area contributed by atoms with Crippen LogP contribution in [0.25, 0.3) is 0 Å². The molecular weight excluding hydrogens is 360 g/mol. The maximum atomic E-state index is 12.5. The summed E-state index contributed by atoms with van der Waals surface area (Å²) in [6.45, 7) is 9.45. The normalized spacial score (nSPS) is 22.3. The third-order valence-electron chi connectivity index (χ3n) is 5.59. The van der Waals surface area contributed by atoms with Gasteiger partial charge in [0.15, 0.2) is 0 Å². The van der Waals surface area contributed by atoms with Crippen LogP contribution >= 0.6 is 0 Å². The summed E-state index contributed by atoms with van der Waals surface area (Å²) in [5.41, 5.74) is 2.10.